The molecule has 17 heavy (non-hydrogen) atoms. The lowest BCUT2D eigenvalue weighted by atomic mass is 9.83. The van der Waals surface area contributed by atoms with Gasteiger partial charge in [-0.05, 0) is 12.3 Å². The molecule has 94 valence electrons. The summed E-state index contributed by atoms with van der Waals surface area (Å²) < 4.78 is 1.83. The molecule has 1 saturated carbocycles. The van der Waals surface area contributed by atoms with Gasteiger partial charge >= 0.3 is 0 Å². The molecule has 5 heteroatoms. The number of nitrogens with zero attached hydrogens (tertiary/aromatic N) is 2. The Labute approximate surface area is 101 Å². The summed E-state index contributed by atoms with van der Waals surface area (Å²) in [6.07, 6.45) is 8.47. The van der Waals surface area contributed by atoms with Crippen LogP contribution < -0.4 is 11.1 Å². The molecule has 1 aliphatic carbocycles. The van der Waals surface area contributed by atoms with Gasteiger partial charge in [-0.2, -0.15) is 0 Å². The summed E-state index contributed by atoms with van der Waals surface area (Å²) in [7, 11) is 0. The SMILES string of the molecule is NCCn1cnc(C(=O)NCCC2CCC2)c1. The fourth-order valence-electron chi connectivity index (χ4n) is 2.01. The normalized spacial score (nSPS) is 15.6. The Morgan fingerprint density at radius 2 is 2.41 bits per heavy atom. The zero-order valence-electron chi connectivity index (χ0n) is 10.1. The minimum absolute atomic E-state index is 0.0832. The van der Waals surface area contributed by atoms with Gasteiger partial charge in [0.2, 0.25) is 0 Å². The van der Waals surface area contributed by atoms with Crippen LogP contribution in [-0.4, -0.2) is 28.5 Å². The van der Waals surface area contributed by atoms with E-state index in [0.29, 0.717) is 18.8 Å². The van der Waals surface area contributed by atoms with E-state index in [1.54, 1.807) is 12.5 Å². The first-order valence-corrected chi connectivity index (χ1v) is 6.29. The van der Waals surface area contributed by atoms with E-state index in [2.05, 4.69) is 10.3 Å². The molecule has 5 nitrogen and oxygen atoms in total. The molecular formula is C12H20N4O. The number of nitrogens with one attached hydrogen (secondary N) is 1. The van der Waals surface area contributed by atoms with Crippen molar-refractivity contribution in [2.75, 3.05) is 13.1 Å². The summed E-state index contributed by atoms with van der Waals surface area (Å²) in [5, 5.41) is 2.91. The Hall–Kier alpha value is -1.36. The van der Waals surface area contributed by atoms with Crippen LogP contribution in [0.5, 0.6) is 0 Å². The van der Waals surface area contributed by atoms with E-state index in [1.165, 1.54) is 19.3 Å². The van der Waals surface area contributed by atoms with E-state index in [4.69, 9.17) is 5.73 Å². The Balaban J connectivity index is 1.73. The molecule has 1 fully saturated rings. The molecule has 0 aliphatic heterocycles. The first-order chi connectivity index (χ1) is 8.29. The number of imidazole rings is 1. The second kappa shape index (κ2) is 5.82. The fraction of sp³-hybridized carbons (Fsp3) is 0.667. The average molecular weight is 236 g/mol. The van der Waals surface area contributed by atoms with Gasteiger partial charge in [0.15, 0.2) is 0 Å². The second-order valence-electron chi connectivity index (χ2n) is 4.63. The van der Waals surface area contributed by atoms with Gasteiger partial charge in [-0.25, -0.2) is 4.98 Å². The second-order valence-corrected chi connectivity index (χ2v) is 4.63. The molecule has 1 amide bonds. The third-order valence-electron chi connectivity index (χ3n) is 3.32. The van der Waals surface area contributed by atoms with Gasteiger partial charge in [-0.15, -0.1) is 0 Å². The van der Waals surface area contributed by atoms with Crippen LogP contribution in [0.2, 0.25) is 0 Å². The van der Waals surface area contributed by atoms with Crippen LogP contribution in [0.4, 0.5) is 0 Å². The Kier molecular flexibility index (Phi) is 4.14. The van der Waals surface area contributed by atoms with E-state index < -0.39 is 0 Å². The van der Waals surface area contributed by atoms with Gasteiger partial charge in [0, 0.05) is 25.8 Å². The lowest BCUT2D eigenvalue weighted by Crippen LogP contribution is -2.27. The summed E-state index contributed by atoms with van der Waals surface area (Å²) in [5.41, 5.74) is 5.91. The highest BCUT2D eigenvalue weighted by Crippen LogP contribution is 2.28. The third-order valence-corrected chi connectivity index (χ3v) is 3.32. The molecule has 0 spiro atoms. The fourth-order valence-corrected chi connectivity index (χ4v) is 2.01. The van der Waals surface area contributed by atoms with Crippen LogP contribution in [0.3, 0.4) is 0 Å². The number of carbonyl (C=O) groups is 1. The highest BCUT2D eigenvalue weighted by atomic mass is 16.1. The predicted octanol–water partition coefficient (Wildman–Crippen LogP) is 0.762. The lowest BCUT2D eigenvalue weighted by molar-refractivity contribution is 0.0944. The van der Waals surface area contributed by atoms with Crippen molar-refractivity contribution in [1.29, 1.82) is 0 Å². The number of nitrogens with two attached hydrogens (primary N) is 1. The first kappa shape index (κ1) is 12.1. The molecule has 0 atom stereocenters. The third kappa shape index (κ3) is 3.30. The summed E-state index contributed by atoms with van der Waals surface area (Å²) in [6, 6.07) is 0. The van der Waals surface area contributed by atoms with Crippen LogP contribution in [-0.2, 0) is 6.54 Å². The van der Waals surface area contributed by atoms with Crippen LogP contribution in [0.25, 0.3) is 0 Å². The number of rotatable bonds is 6. The largest absolute Gasteiger partial charge is 0.351 e. The molecule has 1 heterocycles. The molecular weight excluding hydrogens is 216 g/mol. The van der Waals surface area contributed by atoms with E-state index >= 15 is 0 Å². The number of carbonyl (C=O) groups excluding carboxylic acids is 1. The zero-order valence-corrected chi connectivity index (χ0v) is 10.1. The quantitative estimate of drug-likeness (QED) is 0.766. The predicted molar refractivity (Wildman–Crippen MR) is 65.6 cm³/mol. The van der Waals surface area contributed by atoms with Crippen molar-refractivity contribution in [2.24, 2.45) is 11.7 Å². The van der Waals surface area contributed by atoms with Gasteiger partial charge in [-0.1, -0.05) is 19.3 Å². The minimum atomic E-state index is -0.0832. The molecule has 0 unspecified atom stereocenters. The summed E-state index contributed by atoms with van der Waals surface area (Å²) >= 11 is 0. The highest BCUT2D eigenvalue weighted by molar-refractivity contribution is 5.91. The summed E-state index contributed by atoms with van der Waals surface area (Å²) in [5.74, 6) is 0.741. The molecule has 2 rings (SSSR count). The van der Waals surface area contributed by atoms with Crippen LogP contribution in [0.15, 0.2) is 12.5 Å². The van der Waals surface area contributed by atoms with Crippen molar-refractivity contribution in [3.8, 4) is 0 Å². The molecule has 1 aromatic heterocycles. The molecule has 1 aromatic rings. The van der Waals surface area contributed by atoms with Gasteiger partial charge < -0.3 is 15.6 Å². The van der Waals surface area contributed by atoms with E-state index in [9.17, 15) is 4.79 Å². The summed E-state index contributed by atoms with van der Waals surface area (Å²) in [6.45, 7) is 2.01. The van der Waals surface area contributed by atoms with Crippen molar-refractivity contribution in [2.45, 2.75) is 32.2 Å². The van der Waals surface area contributed by atoms with E-state index in [-0.39, 0.29) is 5.91 Å². The van der Waals surface area contributed by atoms with Gasteiger partial charge in [0.25, 0.3) is 5.91 Å². The number of amides is 1. The van der Waals surface area contributed by atoms with Crippen molar-refractivity contribution in [3.05, 3.63) is 18.2 Å². The molecule has 0 aromatic carbocycles. The van der Waals surface area contributed by atoms with Gasteiger partial charge in [-0.3, -0.25) is 4.79 Å². The number of hydrogen-bond donors (Lipinski definition) is 2. The molecule has 0 radical (unpaired) electrons. The maximum absolute atomic E-state index is 11.7. The van der Waals surface area contributed by atoms with E-state index in [1.807, 2.05) is 4.57 Å². The van der Waals surface area contributed by atoms with Crippen molar-refractivity contribution >= 4 is 5.91 Å². The Morgan fingerprint density at radius 3 is 3.06 bits per heavy atom. The molecule has 1 aliphatic rings. The maximum atomic E-state index is 11.7. The summed E-state index contributed by atoms with van der Waals surface area (Å²) in [4.78, 5) is 15.8. The van der Waals surface area contributed by atoms with Crippen molar-refractivity contribution in [3.63, 3.8) is 0 Å². The van der Waals surface area contributed by atoms with Crippen molar-refractivity contribution < 1.29 is 4.79 Å². The zero-order chi connectivity index (χ0) is 12.1. The molecule has 0 saturated heterocycles. The number of aromatic nitrogens is 2. The Bertz CT molecular complexity index is 370. The monoisotopic (exact) mass is 236 g/mol. The average Bonchev–Trinajstić information content (AvgIpc) is 2.70. The molecule has 3 N–H and O–H groups in total. The van der Waals surface area contributed by atoms with Gasteiger partial charge in [0.1, 0.15) is 5.69 Å². The topological polar surface area (TPSA) is 72.9 Å². The number of hydrogen-bond acceptors (Lipinski definition) is 3. The van der Waals surface area contributed by atoms with E-state index in [0.717, 1.165) is 18.9 Å². The lowest BCUT2D eigenvalue weighted by Gasteiger charge is -2.24. The van der Waals surface area contributed by atoms with Crippen LogP contribution in [0.1, 0.15) is 36.2 Å². The smallest absolute Gasteiger partial charge is 0.271 e. The minimum Gasteiger partial charge on any atom is -0.351 e. The van der Waals surface area contributed by atoms with Crippen molar-refractivity contribution in [1.82, 2.24) is 14.9 Å². The first-order valence-electron chi connectivity index (χ1n) is 6.29. The van der Waals surface area contributed by atoms with Crippen LogP contribution >= 0.6 is 0 Å². The molecule has 0 bridgehead atoms. The van der Waals surface area contributed by atoms with Gasteiger partial charge in [0.05, 0.1) is 6.33 Å². The maximum Gasteiger partial charge on any atom is 0.271 e. The Morgan fingerprint density at radius 1 is 1.59 bits per heavy atom. The standard InChI is InChI=1S/C12H20N4O/c13-5-7-16-8-11(15-9-16)12(17)14-6-4-10-2-1-3-10/h8-10H,1-7,13H2,(H,14,17). The van der Waals surface area contributed by atoms with Crippen LogP contribution in [0, 0.1) is 5.92 Å². The highest BCUT2D eigenvalue weighted by Gasteiger charge is 2.17.